The van der Waals surface area contributed by atoms with Crippen LogP contribution in [0.3, 0.4) is 0 Å². The van der Waals surface area contributed by atoms with Crippen molar-refractivity contribution >= 4 is 11.6 Å². The number of piperidine rings is 1. The first-order valence-corrected chi connectivity index (χ1v) is 10.2. The molecular weight excluding hydrogens is 326 g/mol. The molecule has 142 valence electrons. The van der Waals surface area contributed by atoms with Gasteiger partial charge in [-0.3, -0.25) is 9.69 Å². The van der Waals surface area contributed by atoms with E-state index >= 15 is 0 Å². The van der Waals surface area contributed by atoms with Crippen LogP contribution in [0.25, 0.3) is 0 Å². The summed E-state index contributed by atoms with van der Waals surface area (Å²) in [6, 6.07) is 8.32. The van der Waals surface area contributed by atoms with Crippen LogP contribution in [0.5, 0.6) is 0 Å². The minimum atomic E-state index is 0.0386. The van der Waals surface area contributed by atoms with Crippen LogP contribution in [0.2, 0.25) is 0 Å². The Morgan fingerprint density at radius 2 is 1.81 bits per heavy atom. The molecule has 2 N–H and O–H groups in total. The van der Waals surface area contributed by atoms with Crippen LogP contribution in [0.15, 0.2) is 24.3 Å². The molecule has 5 nitrogen and oxygen atoms in total. The predicted octanol–water partition coefficient (Wildman–Crippen LogP) is 2.11. The summed E-state index contributed by atoms with van der Waals surface area (Å²) < 4.78 is 0. The predicted molar refractivity (Wildman–Crippen MR) is 104 cm³/mol. The number of likely N-dealkylation sites (tertiary alicyclic amines) is 1. The second kappa shape index (κ2) is 7.97. The number of benzene rings is 1. The molecule has 1 saturated carbocycles. The van der Waals surface area contributed by atoms with Gasteiger partial charge in [-0.15, -0.1) is 0 Å². The number of aliphatic hydroxyl groups excluding tert-OH is 1. The van der Waals surface area contributed by atoms with E-state index in [0.29, 0.717) is 12.5 Å². The summed E-state index contributed by atoms with van der Waals surface area (Å²) in [4.78, 5) is 17.4. The molecule has 2 heterocycles. The van der Waals surface area contributed by atoms with Crippen LogP contribution in [0, 0.1) is 11.8 Å². The van der Waals surface area contributed by atoms with E-state index in [-0.39, 0.29) is 18.6 Å². The number of nitrogens with zero attached hydrogens (tertiary/aromatic N) is 2. The van der Waals surface area contributed by atoms with Crippen molar-refractivity contribution in [1.29, 1.82) is 0 Å². The number of carbonyl (C=O) groups is 1. The van der Waals surface area contributed by atoms with Crippen molar-refractivity contribution < 1.29 is 9.90 Å². The highest BCUT2D eigenvalue weighted by molar-refractivity contribution is 5.94. The molecule has 0 aromatic heterocycles. The zero-order chi connectivity index (χ0) is 17.9. The molecule has 2 saturated heterocycles. The van der Waals surface area contributed by atoms with Gasteiger partial charge in [0.25, 0.3) is 5.91 Å². The number of rotatable bonds is 6. The van der Waals surface area contributed by atoms with Crippen molar-refractivity contribution in [3.05, 3.63) is 29.8 Å². The van der Waals surface area contributed by atoms with Crippen LogP contribution in [0.4, 0.5) is 5.69 Å². The van der Waals surface area contributed by atoms with Gasteiger partial charge in [-0.2, -0.15) is 0 Å². The lowest BCUT2D eigenvalue weighted by atomic mass is 9.97. The maximum Gasteiger partial charge on any atom is 0.251 e. The largest absolute Gasteiger partial charge is 0.395 e. The number of amides is 1. The normalized spacial score (nSPS) is 26.9. The lowest BCUT2D eigenvalue weighted by Gasteiger charge is -2.28. The van der Waals surface area contributed by atoms with E-state index < -0.39 is 0 Å². The number of anilines is 1. The van der Waals surface area contributed by atoms with Gasteiger partial charge >= 0.3 is 0 Å². The fourth-order valence-electron chi connectivity index (χ4n) is 4.62. The summed E-state index contributed by atoms with van der Waals surface area (Å²) in [6.45, 7) is 5.01. The number of hydrogen-bond acceptors (Lipinski definition) is 4. The fraction of sp³-hybridized carbons (Fsp3) is 0.667. The van der Waals surface area contributed by atoms with Crippen molar-refractivity contribution in [2.75, 3.05) is 44.2 Å². The average molecular weight is 357 g/mol. The molecule has 1 aromatic carbocycles. The Morgan fingerprint density at radius 3 is 2.46 bits per heavy atom. The van der Waals surface area contributed by atoms with Gasteiger partial charge in [0.1, 0.15) is 0 Å². The first kappa shape index (κ1) is 17.8. The molecule has 5 heteroatoms. The zero-order valence-electron chi connectivity index (χ0n) is 15.6. The molecule has 2 atom stereocenters. The molecule has 1 amide bonds. The summed E-state index contributed by atoms with van der Waals surface area (Å²) >= 11 is 0. The molecule has 4 rings (SSSR count). The molecule has 2 aliphatic heterocycles. The summed E-state index contributed by atoms with van der Waals surface area (Å²) in [6.07, 6.45) is 6.42. The van der Waals surface area contributed by atoms with Crippen molar-refractivity contribution in [3.63, 3.8) is 0 Å². The Hall–Kier alpha value is -1.59. The molecule has 0 bridgehead atoms. The summed E-state index contributed by atoms with van der Waals surface area (Å²) in [5.74, 6) is 1.33. The van der Waals surface area contributed by atoms with Crippen molar-refractivity contribution in [2.45, 2.75) is 38.1 Å². The number of nitrogens with one attached hydrogen (secondary N) is 1. The van der Waals surface area contributed by atoms with E-state index in [2.05, 4.69) is 27.2 Å². The maximum atomic E-state index is 12.7. The highest BCUT2D eigenvalue weighted by atomic mass is 16.3. The fourth-order valence-corrected chi connectivity index (χ4v) is 4.62. The van der Waals surface area contributed by atoms with Gasteiger partial charge < -0.3 is 15.3 Å². The topological polar surface area (TPSA) is 55.8 Å². The molecule has 3 aliphatic rings. The van der Waals surface area contributed by atoms with Gasteiger partial charge in [0, 0.05) is 50.0 Å². The molecular formula is C21H31N3O2. The van der Waals surface area contributed by atoms with Crippen LogP contribution in [-0.2, 0) is 0 Å². The average Bonchev–Trinajstić information content (AvgIpc) is 3.45. The Kier molecular flexibility index (Phi) is 5.46. The molecule has 1 aliphatic carbocycles. The van der Waals surface area contributed by atoms with E-state index in [1.165, 1.54) is 37.8 Å². The first-order valence-electron chi connectivity index (χ1n) is 10.2. The van der Waals surface area contributed by atoms with Crippen molar-refractivity contribution in [1.82, 2.24) is 10.2 Å². The summed E-state index contributed by atoms with van der Waals surface area (Å²) in [5.41, 5.74) is 1.98. The minimum absolute atomic E-state index is 0.0386. The highest BCUT2D eigenvalue weighted by Crippen LogP contribution is 2.41. The second-order valence-corrected chi connectivity index (χ2v) is 8.16. The molecule has 0 spiro atoms. The quantitative estimate of drug-likeness (QED) is 0.819. The molecule has 0 radical (unpaired) electrons. The Morgan fingerprint density at radius 1 is 1.08 bits per heavy atom. The van der Waals surface area contributed by atoms with Crippen LogP contribution >= 0.6 is 0 Å². The number of carbonyl (C=O) groups excluding carboxylic acids is 1. The number of aliphatic hydroxyl groups is 1. The van der Waals surface area contributed by atoms with E-state index in [1.54, 1.807) is 0 Å². The summed E-state index contributed by atoms with van der Waals surface area (Å²) in [5, 5.41) is 12.5. The van der Waals surface area contributed by atoms with Crippen LogP contribution in [-0.4, -0.2) is 61.3 Å². The lowest BCUT2D eigenvalue weighted by molar-refractivity contribution is 0.0928. The molecule has 3 fully saturated rings. The Balaban J connectivity index is 1.37. The van der Waals surface area contributed by atoms with Gasteiger partial charge in [0.2, 0.25) is 0 Å². The third kappa shape index (κ3) is 4.04. The van der Waals surface area contributed by atoms with Crippen LogP contribution < -0.4 is 10.2 Å². The number of hydrogen-bond donors (Lipinski definition) is 2. The Bertz CT molecular complexity index is 608. The van der Waals surface area contributed by atoms with Gasteiger partial charge in [-0.1, -0.05) is 0 Å². The van der Waals surface area contributed by atoms with Gasteiger partial charge in [0.15, 0.2) is 0 Å². The second-order valence-electron chi connectivity index (χ2n) is 8.16. The smallest absolute Gasteiger partial charge is 0.251 e. The standard InChI is InChI=1S/C21H31N3O2/c25-13-12-23-14-19(16-4-5-16)20(15-23)22-21(26)17-6-8-18(9-7-17)24-10-2-1-3-11-24/h6-9,16,19-20,25H,1-5,10-15H2,(H,22,26). The van der Waals surface area contributed by atoms with E-state index in [4.69, 9.17) is 0 Å². The number of β-amino-alcohol motifs (C(OH)–C–C–N with tert-alkyl or cyclic N) is 1. The highest BCUT2D eigenvalue weighted by Gasteiger charge is 2.42. The van der Waals surface area contributed by atoms with Gasteiger partial charge in [-0.05, 0) is 68.2 Å². The molecule has 1 aromatic rings. The third-order valence-electron chi connectivity index (χ3n) is 6.25. The van der Waals surface area contributed by atoms with E-state index in [0.717, 1.165) is 37.7 Å². The van der Waals surface area contributed by atoms with E-state index in [9.17, 15) is 9.90 Å². The van der Waals surface area contributed by atoms with Gasteiger partial charge in [0.05, 0.1) is 6.61 Å². The maximum absolute atomic E-state index is 12.7. The monoisotopic (exact) mass is 357 g/mol. The Labute approximate surface area is 156 Å². The molecule has 26 heavy (non-hydrogen) atoms. The van der Waals surface area contributed by atoms with Gasteiger partial charge in [-0.25, -0.2) is 0 Å². The van der Waals surface area contributed by atoms with Crippen LogP contribution in [0.1, 0.15) is 42.5 Å². The third-order valence-corrected chi connectivity index (χ3v) is 6.25. The minimum Gasteiger partial charge on any atom is -0.395 e. The zero-order valence-corrected chi connectivity index (χ0v) is 15.6. The lowest BCUT2D eigenvalue weighted by Crippen LogP contribution is -2.41. The molecule has 2 unspecified atom stereocenters. The van der Waals surface area contributed by atoms with Crippen molar-refractivity contribution in [3.8, 4) is 0 Å². The first-order chi connectivity index (χ1) is 12.7. The van der Waals surface area contributed by atoms with Crippen molar-refractivity contribution in [2.24, 2.45) is 11.8 Å². The summed E-state index contributed by atoms with van der Waals surface area (Å²) in [7, 11) is 0. The van der Waals surface area contributed by atoms with E-state index in [1.807, 2.05) is 12.1 Å². The SMILES string of the molecule is O=C(NC1CN(CCO)CC1C1CC1)c1ccc(N2CCCCC2)cc1.